The number of thiophene rings is 1. The quantitative estimate of drug-likeness (QED) is 0.689. The Kier molecular flexibility index (Phi) is 3.76. The lowest BCUT2D eigenvalue weighted by molar-refractivity contribution is 0.603. The van der Waals surface area contributed by atoms with E-state index >= 15 is 0 Å². The average molecular weight is 410 g/mol. The fourth-order valence-electron chi connectivity index (χ4n) is 1.66. The van der Waals surface area contributed by atoms with Gasteiger partial charge >= 0.3 is 0 Å². The summed E-state index contributed by atoms with van der Waals surface area (Å²) < 4.78 is 28.9. The summed E-state index contributed by atoms with van der Waals surface area (Å²) in [6, 6.07) is 5.15. The standard InChI is InChI=1S/C11H6BrClN2O2S3/c12-6-3-4-18-11(6)20(16,17)15-9-7(13)1-2-8-10(9)14-5-19-8/h1-5,15H. The topological polar surface area (TPSA) is 59.1 Å². The van der Waals surface area contributed by atoms with E-state index in [1.165, 1.54) is 11.3 Å². The van der Waals surface area contributed by atoms with Crippen LogP contribution in [0, 0.1) is 0 Å². The van der Waals surface area contributed by atoms with Crippen LogP contribution in [-0.4, -0.2) is 13.4 Å². The lowest BCUT2D eigenvalue weighted by atomic mass is 10.3. The van der Waals surface area contributed by atoms with Crippen molar-refractivity contribution in [1.29, 1.82) is 0 Å². The SMILES string of the molecule is O=S(=O)(Nc1c(Cl)ccc2scnc12)c1sccc1Br. The number of fused-ring (bicyclic) bond motifs is 1. The van der Waals surface area contributed by atoms with Crippen LogP contribution < -0.4 is 4.72 Å². The fraction of sp³-hybridized carbons (Fsp3) is 0. The fourth-order valence-corrected chi connectivity index (χ4v) is 6.02. The molecule has 0 aliphatic heterocycles. The highest BCUT2D eigenvalue weighted by Crippen LogP contribution is 2.35. The van der Waals surface area contributed by atoms with Gasteiger partial charge < -0.3 is 0 Å². The van der Waals surface area contributed by atoms with Gasteiger partial charge in [-0.25, -0.2) is 13.4 Å². The Morgan fingerprint density at radius 2 is 2.05 bits per heavy atom. The molecule has 0 aliphatic rings. The Labute approximate surface area is 136 Å². The van der Waals surface area contributed by atoms with Crippen LogP contribution in [0.1, 0.15) is 0 Å². The van der Waals surface area contributed by atoms with Gasteiger partial charge in [-0.2, -0.15) is 0 Å². The van der Waals surface area contributed by atoms with Gasteiger partial charge in [0.05, 0.1) is 20.9 Å². The molecule has 0 fully saturated rings. The van der Waals surface area contributed by atoms with Crippen LogP contribution in [-0.2, 0) is 10.0 Å². The third kappa shape index (κ3) is 2.46. The molecule has 0 aliphatic carbocycles. The molecular weight excluding hydrogens is 404 g/mol. The van der Waals surface area contributed by atoms with E-state index in [9.17, 15) is 8.42 Å². The van der Waals surface area contributed by atoms with Crippen molar-refractivity contribution in [2.75, 3.05) is 4.72 Å². The first-order chi connectivity index (χ1) is 9.49. The van der Waals surface area contributed by atoms with E-state index in [0.717, 1.165) is 16.0 Å². The Morgan fingerprint density at radius 1 is 1.25 bits per heavy atom. The number of anilines is 1. The Balaban J connectivity index is 2.12. The molecule has 4 nitrogen and oxygen atoms in total. The highest BCUT2D eigenvalue weighted by molar-refractivity contribution is 9.10. The molecule has 0 amide bonds. The van der Waals surface area contributed by atoms with E-state index in [2.05, 4.69) is 25.6 Å². The molecule has 3 aromatic rings. The third-order valence-electron chi connectivity index (χ3n) is 2.52. The van der Waals surface area contributed by atoms with Gasteiger partial charge in [-0.15, -0.1) is 22.7 Å². The lowest BCUT2D eigenvalue weighted by Crippen LogP contribution is -2.12. The van der Waals surface area contributed by atoms with E-state index in [0.29, 0.717) is 20.7 Å². The highest BCUT2D eigenvalue weighted by atomic mass is 79.9. The van der Waals surface area contributed by atoms with Crippen molar-refractivity contribution in [1.82, 2.24) is 4.98 Å². The molecule has 0 spiro atoms. The second-order valence-electron chi connectivity index (χ2n) is 3.78. The number of sulfonamides is 1. The minimum absolute atomic E-state index is 0.209. The van der Waals surface area contributed by atoms with E-state index in [1.54, 1.807) is 23.0 Å². The Bertz CT molecular complexity index is 888. The summed E-state index contributed by atoms with van der Waals surface area (Å²) >= 11 is 11.9. The largest absolute Gasteiger partial charge is 0.275 e. The molecule has 1 aromatic carbocycles. The molecule has 2 aromatic heterocycles. The van der Waals surface area contributed by atoms with Gasteiger partial charge in [-0.1, -0.05) is 11.6 Å². The van der Waals surface area contributed by atoms with Crippen molar-refractivity contribution in [3.63, 3.8) is 0 Å². The van der Waals surface area contributed by atoms with Crippen LogP contribution in [0.4, 0.5) is 5.69 Å². The normalized spacial score (nSPS) is 11.9. The van der Waals surface area contributed by atoms with Gasteiger partial charge in [0.15, 0.2) is 4.21 Å². The van der Waals surface area contributed by atoms with Gasteiger partial charge in [0.2, 0.25) is 0 Å². The molecule has 0 atom stereocenters. The molecule has 0 saturated carbocycles. The van der Waals surface area contributed by atoms with Crippen LogP contribution in [0.3, 0.4) is 0 Å². The van der Waals surface area contributed by atoms with Crippen LogP contribution in [0.25, 0.3) is 10.2 Å². The molecule has 20 heavy (non-hydrogen) atoms. The number of benzene rings is 1. The minimum Gasteiger partial charge on any atom is -0.275 e. The molecule has 2 heterocycles. The van der Waals surface area contributed by atoms with Gasteiger partial charge in [0, 0.05) is 4.47 Å². The summed E-state index contributed by atoms with van der Waals surface area (Å²) in [6.45, 7) is 0. The van der Waals surface area contributed by atoms with Crippen molar-refractivity contribution < 1.29 is 8.42 Å². The molecular formula is C11H6BrClN2O2S3. The zero-order valence-corrected chi connectivity index (χ0v) is 14.4. The zero-order valence-electron chi connectivity index (χ0n) is 9.63. The summed E-state index contributed by atoms with van der Waals surface area (Å²) in [5.74, 6) is 0. The van der Waals surface area contributed by atoms with Crippen molar-refractivity contribution >= 4 is 76.1 Å². The first-order valence-corrected chi connectivity index (χ1v) is 9.68. The maximum Gasteiger partial charge on any atom is 0.272 e. The van der Waals surface area contributed by atoms with Crippen molar-refractivity contribution in [2.45, 2.75) is 4.21 Å². The smallest absolute Gasteiger partial charge is 0.272 e. The van der Waals surface area contributed by atoms with E-state index in [4.69, 9.17) is 11.6 Å². The minimum atomic E-state index is -3.69. The van der Waals surface area contributed by atoms with Crippen molar-refractivity contribution in [3.8, 4) is 0 Å². The molecule has 0 saturated heterocycles. The summed E-state index contributed by atoms with van der Waals surface area (Å²) in [4.78, 5) is 4.17. The number of hydrogen-bond donors (Lipinski definition) is 1. The molecule has 3 rings (SSSR count). The maximum atomic E-state index is 12.4. The lowest BCUT2D eigenvalue weighted by Gasteiger charge is -2.09. The molecule has 0 radical (unpaired) electrons. The number of aromatic nitrogens is 1. The zero-order chi connectivity index (χ0) is 14.3. The first-order valence-electron chi connectivity index (χ1n) is 5.26. The van der Waals surface area contributed by atoms with E-state index in [-0.39, 0.29) is 4.21 Å². The maximum absolute atomic E-state index is 12.4. The monoisotopic (exact) mass is 408 g/mol. The van der Waals surface area contributed by atoms with Crippen molar-refractivity contribution in [2.24, 2.45) is 0 Å². The Morgan fingerprint density at radius 3 is 2.75 bits per heavy atom. The summed E-state index contributed by atoms with van der Waals surface area (Å²) in [5.41, 5.74) is 2.52. The summed E-state index contributed by atoms with van der Waals surface area (Å²) in [7, 11) is -3.69. The van der Waals surface area contributed by atoms with Crippen LogP contribution in [0.5, 0.6) is 0 Å². The predicted molar refractivity (Wildman–Crippen MR) is 87.5 cm³/mol. The number of thiazole rings is 1. The van der Waals surface area contributed by atoms with Crippen LogP contribution in [0.15, 0.2) is 37.8 Å². The molecule has 0 unspecified atom stereocenters. The van der Waals surface area contributed by atoms with Gasteiger partial charge in [0.1, 0.15) is 5.52 Å². The van der Waals surface area contributed by atoms with Crippen LogP contribution in [0.2, 0.25) is 5.02 Å². The number of nitrogens with one attached hydrogen (secondary N) is 1. The van der Waals surface area contributed by atoms with E-state index in [1.807, 2.05) is 6.07 Å². The Hall–Kier alpha value is -0.670. The number of nitrogens with zero attached hydrogens (tertiary/aromatic N) is 1. The van der Waals surface area contributed by atoms with Gasteiger partial charge in [0.25, 0.3) is 10.0 Å². The first kappa shape index (κ1) is 14.3. The summed E-state index contributed by atoms with van der Waals surface area (Å²) in [6.07, 6.45) is 0. The second-order valence-corrected chi connectivity index (χ2v) is 8.72. The number of halogens is 2. The van der Waals surface area contributed by atoms with Gasteiger partial charge in [-0.05, 0) is 39.5 Å². The molecule has 104 valence electrons. The highest BCUT2D eigenvalue weighted by Gasteiger charge is 2.22. The second kappa shape index (κ2) is 5.27. The number of hydrogen-bond acceptors (Lipinski definition) is 5. The summed E-state index contributed by atoms with van der Waals surface area (Å²) in [5, 5.41) is 2.02. The average Bonchev–Trinajstić information content (AvgIpc) is 3.01. The molecule has 1 N–H and O–H groups in total. The number of rotatable bonds is 3. The molecule has 9 heteroatoms. The third-order valence-corrected chi connectivity index (χ3v) is 7.65. The van der Waals surface area contributed by atoms with Crippen molar-refractivity contribution in [3.05, 3.63) is 38.6 Å². The van der Waals surface area contributed by atoms with Crippen LogP contribution >= 0.6 is 50.2 Å². The molecule has 0 bridgehead atoms. The van der Waals surface area contributed by atoms with Gasteiger partial charge in [-0.3, -0.25) is 4.72 Å². The van der Waals surface area contributed by atoms with E-state index < -0.39 is 10.0 Å². The predicted octanol–water partition coefficient (Wildman–Crippen LogP) is 4.57.